The number of aromatic nitrogens is 1. The Hall–Kier alpha value is -2.97. The van der Waals surface area contributed by atoms with Crippen LogP contribution in [0.15, 0.2) is 47.4 Å². The molecule has 0 saturated carbocycles. The molecular formula is C19H21NO7. The molecule has 27 heavy (non-hydrogen) atoms. The van der Waals surface area contributed by atoms with Gasteiger partial charge in [0.2, 0.25) is 0 Å². The van der Waals surface area contributed by atoms with E-state index in [1.165, 1.54) is 18.6 Å². The maximum atomic E-state index is 12.4. The maximum Gasteiger partial charge on any atom is 0.348 e. The molecule has 8 heteroatoms. The number of methoxy groups -OCH3 is 1. The third-order valence-corrected chi connectivity index (χ3v) is 4.09. The van der Waals surface area contributed by atoms with Crippen LogP contribution in [0, 0.1) is 0 Å². The number of benzene rings is 1. The first kappa shape index (κ1) is 20.3. The Morgan fingerprint density at radius 2 is 1.74 bits per heavy atom. The van der Waals surface area contributed by atoms with Gasteiger partial charge in [0.05, 0.1) is 0 Å². The fraction of sp³-hybridized carbons (Fsp3) is 0.316. The minimum Gasteiger partial charge on any atom is -0.479 e. The molecule has 0 fully saturated rings. The van der Waals surface area contributed by atoms with Gasteiger partial charge in [-0.25, -0.2) is 9.59 Å². The number of ether oxygens (including phenoxy) is 2. The molecule has 0 unspecified atom stereocenters. The highest BCUT2D eigenvalue weighted by Gasteiger charge is 2.48. The molecule has 0 radical (unpaired) electrons. The molecule has 2 aromatic rings. The van der Waals surface area contributed by atoms with E-state index in [9.17, 15) is 24.6 Å². The van der Waals surface area contributed by atoms with Gasteiger partial charge in [-0.2, -0.15) is 0 Å². The average Bonchev–Trinajstić information content (AvgIpc) is 2.63. The van der Waals surface area contributed by atoms with Gasteiger partial charge < -0.3 is 19.7 Å². The SMILES string of the molecule is CCOC(Cc1ccc(-c2cccn(COC)c2=O)cc1)(C(=O)O)C(=O)O. The van der Waals surface area contributed by atoms with E-state index in [4.69, 9.17) is 9.47 Å². The molecule has 1 aromatic heterocycles. The molecule has 0 spiro atoms. The number of carboxylic acid groups (broad SMARTS) is 2. The van der Waals surface area contributed by atoms with Crippen LogP contribution in [0.2, 0.25) is 0 Å². The van der Waals surface area contributed by atoms with E-state index in [1.807, 2.05) is 0 Å². The Balaban J connectivity index is 2.35. The zero-order valence-corrected chi connectivity index (χ0v) is 15.0. The van der Waals surface area contributed by atoms with Crippen LogP contribution in [0.3, 0.4) is 0 Å². The first-order chi connectivity index (χ1) is 12.9. The van der Waals surface area contributed by atoms with Crippen molar-refractivity contribution in [3.05, 3.63) is 58.5 Å². The molecule has 2 N–H and O–H groups in total. The van der Waals surface area contributed by atoms with E-state index in [0.29, 0.717) is 16.7 Å². The molecule has 0 aliphatic carbocycles. The predicted molar refractivity (Wildman–Crippen MR) is 96.5 cm³/mol. The van der Waals surface area contributed by atoms with E-state index in [1.54, 1.807) is 42.6 Å². The summed E-state index contributed by atoms with van der Waals surface area (Å²) in [6.07, 6.45) is 1.27. The number of carboxylic acids is 2. The summed E-state index contributed by atoms with van der Waals surface area (Å²) >= 11 is 0. The summed E-state index contributed by atoms with van der Waals surface area (Å²) in [5, 5.41) is 18.7. The molecule has 0 aliphatic rings. The molecule has 8 nitrogen and oxygen atoms in total. The smallest absolute Gasteiger partial charge is 0.348 e. The fourth-order valence-corrected chi connectivity index (χ4v) is 2.75. The van der Waals surface area contributed by atoms with Gasteiger partial charge in [-0.1, -0.05) is 24.3 Å². The molecule has 0 saturated heterocycles. The molecule has 0 bridgehead atoms. The highest BCUT2D eigenvalue weighted by atomic mass is 16.5. The summed E-state index contributed by atoms with van der Waals surface area (Å²) in [6.45, 7) is 1.60. The van der Waals surface area contributed by atoms with E-state index in [0.717, 1.165) is 0 Å². The Labute approximate surface area is 155 Å². The number of aliphatic carboxylic acids is 2. The van der Waals surface area contributed by atoms with Crippen molar-refractivity contribution in [2.24, 2.45) is 0 Å². The highest BCUT2D eigenvalue weighted by Crippen LogP contribution is 2.22. The molecular weight excluding hydrogens is 354 g/mol. The predicted octanol–water partition coefficient (Wildman–Crippen LogP) is 1.61. The number of carbonyl (C=O) groups is 2. The first-order valence-corrected chi connectivity index (χ1v) is 8.24. The number of hydrogen-bond donors (Lipinski definition) is 2. The lowest BCUT2D eigenvalue weighted by Crippen LogP contribution is -2.51. The standard InChI is InChI=1S/C19H21NO7/c1-3-27-19(17(22)23,18(24)25)11-13-6-8-14(9-7-13)15-5-4-10-20(12-26-2)16(15)21/h4-10H,3,11-12H2,1-2H3,(H,22,23)(H,24,25). The van der Waals surface area contributed by atoms with Gasteiger partial charge in [0.1, 0.15) is 6.73 Å². The van der Waals surface area contributed by atoms with E-state index in [2.05, 4.69) is 0 Å². The third kappa shape index (κ3) is 4.24. The number of rotatable bonds is 9. The molecule has 1 aromatic carbocycles. The van der Waals surface area contributed by atoms with Crippen molar-refractivity contribution in [2.75, 3.05) is 13.7 Å². The van der Waals surface area contributed by atoms with Crippen LogP contribution in [-0.2, 0) is 32.2 Å². The summed E-state index contributed by atoms with van der Waals surface area (Å²) in [7, 11) is 1.49. The average molecular weight is 375 g/mol. The van der Waals surface area contributed by atoms with Crippen LogP contribution in [0.1, 0.15) is 12.5 Å². The van der Waals surface area contributed by atoms with Gasteiger partial charge >= 0.3 is 11.9 Å². The summed E-state index contributed by atoms with van der Waals surface area (Å²) < 4.78 is 11.5. The van der Waals surface area contributed by atoms with Crippen molar-refractivity contribution in [2.45, 2.75) is 25.7 Å². The van der Waals surface area contributed by atoms with E-state index < -0.39 is 17.5 Å². The second-order valence-electron chi connectivity index (χ2n) is 5.86. The summed E-state index contributed by atoms with van der Waals surface area (Å²) in [4.78, 5) is 35.5. The number of hydrogen-bond acceptors (Lipinski definition) is 5. The van der Waals surface area contributed by atoms with Crippen LogP contribution in [0.25, 0.3) is 11.1 Å². The lowest BCUT2D eigenvalue weighted by molar-refractivity contribution is -0.182. The molecule has 0 amide bonds. The number of nitrogens with zero attached hydrogens (tertiary/aromatic N) is 1. The van der Waals surface area contributed by atoms with E-state index in [-0.39, 0.29) is 25.3 Å². The van der Waals surface area contributed by atoms with Crippen LogP contribution in [0.5, 0.6) is 0 Å². The van der Waals surface area contributed by atoms with Crippen molar-refractivity contribution in [3.63, 3.8) is 0 Å². The van der Waals surface area contributed by atoms with Gasteiger partial charge in [-0.3, -0.25) is 9.36 Å². The van der Waals surface area contributed by atoms with Crippen LogP contribution >= 0.6 is 0 Å². The zero-order valence-electron chi connectivity index (χ0n) is 15.0. The Morgan fingerprint density at radius 3 is 2.26 bits per heavy atom. The Morgan fingerprint density at radius 1 is 1.11 bits per heavy atom. The molecule has 0 atom stereocenters. The summed E-state index contributed by atoms with van der Waals surface area (Å²) in [6, 6.07) is 9.85. The molecule has 2 rings (SSSR count). The van der Waals surface area contributed by atoms with Crippen molar-refractivity contribution in [3.8, 4) is 11.1 Å². The number of pyridine rings is 1. The topological polar surface area (TPSA) is 115 Å². The van der Waals surface area contributed by atoms with Crippen LogP contribution < -0.4 is 5.56 Å². The van der Waals surface area contributed by atoms with Gasteiger partial charge in [0, 0.05) is 31.9 Å². The molecule has 1 heterocycles. The normalized spacial score (nSPS) is 11.3. The van der Waals surface area contributed by atoms with Crippen molar-refractivity contribution >= 4 is 11.9 Å². The summed E-state index contributed by atoms with van der Waals surface area (Å²) in [5.41, 5.74) is -1.04. The lowest BCUT2D eigenvalue weighted by atomic mass is 9.93. The second kappa shape index (κ2) is 8.61. The zero-order chi connectivity index (χ0) is 20.0. The van der Waals surface area contributed by atoms with Gasteiger partial charge in [0.25, 0.3) is 11.2 Å². The van der Waals surface area contributed by atoms with Crippen LogP contribution in [-0.4, -0.2) is 46.0 Å². The molecule has 144 valence electrons. The highest BCUT2D eigenvalue weighted by molar-refractivity contribution is 6.02. The van der Waals surface area contributed by atoms with Crippen molar-refractivity contribution < 1.29 is 29.3 Å². The minimum absolute atomic E-state index is 0.0558. The third-order valence-electron chi connectivity index (χ3n) is 4.09. The monoisotopic (exact) mass is 375 g/mol. The first-order valence-electron chi connectivity index (χ1n) is 8.24. The van der Waals surface area contributed by atoms with Crippen molar-refractivity contribution in [1.82, 2.24) is 4.57 Å². The summed E-state index contributed by atoms with van der Waals surface area (Å²) in [5.74, 6) is -3.13. The van der Waals surface area contributed by atoms with Crippen molar-refractivity contribution in [1.29, 1.82) is 0 Å². The Kier molecular flexibility index (Phi) is 6.49. The van der Waals surface area contributed by atoms with Crippen LogP contribution in [0.4, 0.5) is 0 Å². The maximum absolute atomic E-state index is 12.4. The molecule has 0 aliphatic heterocycles. The fourth-order valence-electron chi connectivity index (χ4n) is 2.75. The lowest BCUT2D eigenvalue weighted by Gasteiger charge is -2.24. The van der Waals surface area contributed by atoms with E-state index >= 15 is 0 Å². The second-order valence-corrected chi connectivity index (χ2v) is 5.86. The van der Waals surface area contributed by atoms with Gasteiger partial charge in [-0.15, -0.1) is 0 Å². The Bertz CT molecular complexity index is 856. The minimum atomic E-state index is -2.35. The van der Waals surface area contributed by atoms with Gasteiger partial charge in [-0.05, 0) is 30.2 Å². The largest absolute Gasteiger partial charge is 0.479 e. The quantitative estimate of drug-likeness (QED) is 0.640. The van der Waals surface area contributed by atoms with Gasteiger partial charge in [0.15, 0.2) is 0 Å².